The first kappa shape index (κ1) is 15.5. The maximum atomic E-state index is 12.0. The Morgan fingerprint density at radius 1 is 1.32 bits per heavy atom. The van der Waals surface area contributed by atoms with E-state index in [1.54, 1.807) is 14.0 Å². The average molecular weight is 274 g/mol. The highest BCUT2D eigenvalue weighted by Crippen LogP contribution is 2.14. The summed E-state index contributed by atoms with van der Waals surface area (Å²) in [6.45, 7) is 2.34. The molecular formula is C13H17F3N2O. The van der Waals surface area contributed by atoms with Crippen LogP contribution < -0.4 is 5.32 Å². The lowest BCUT2D eigenvalue weighted by molar-refractivity contribution is -0.173. The van der Waals surface area contributed by atoms with Crippen LogP contribution in [0.5, 0.6) is 0 Å². The maximum absolute atomic E-state index is 12.0. The van der Waals surface area contributed by atoms with Crippen LogP contribution in [0.4, 0.5) is 13.2 Å². The standard InChI is InChI=1S/C13H17F3N2O/c1-10(8-17-12(19)13(14,15)16)18(2)9-11-6-4-3-5-7-11/h3-7,10H,8-9H2,1-2H3,(H,17,19). The van der Waals surface area contributed by atoms with Crippen molar-refractivity contribution in [3.05, 3.63) is 35.9 Å². The monoisotopic (exact) mass is 274 g/mol. The molecule has 1 aromatic rings. The number of alkyl halides is 3. The minimum absolute atomic E-state index is 0.0400. The molecule has 0 heterocycles. The highest BCUT2D eigenvalue weighted by atomic mass is 19.4. The number of carbonyl (C=O) groups excluding carboxylic acids is 1. The van der Waals surface area contributed by atoms with Gasteiger partial charge >= 0.3 is 12.1 Å². The zero-order chi connectivity index (χ0) is 14.5. The van der Waals surface area contributed by atoms with E-state index in [4.69, 9.17) is 0 Å². The van der Waals surface area contributed by atoms with Gasteiger partial charge in [0.1, 0.15) is 0 Å². The van der Waals surface area contributed by atoms with Gasteiger partial charge in [-0.15, -0.1) is 0 Å². The van der Waals surface area contributed by atoms with Gasteiger partial charge in [0.05, 0.1) is 0 Å². The van der Waals surface area contributed by atoms with Crippen molar-refractivity contribution in [2.45, 2.75) is 25.7 Å². The van der Waals surface area contributed by atoms with Crippen LogP contribution >= 0.6 is 0 Å². The summed E-state index contributed by atoms with van der Waals surface area (Å²) in [5.41, 5.74) is 1.07. The predicted molar refractivity (Wildman–Crippen MR) is 66.4 cm³/mol. The van der Waals surface area contributed by atoms with E-state index in [9.17, 15) is 18.0 Å². The third-order valence-corrected chi connectivity index (χ3v) is 2.84. The van der Waals surface area contributed by atoms with Gasteiger partial charge in [0.15, 0.2) is 0 Å². The molecule has 19 heavy (non-hydrogen) atoms. The number of halogens is 3. The molecule has 1 aromatic carbocycles. The van der Waals surface area contributed by atoms with Gasteiger partial charge in [-0.3, -0.25) is 9.69 Å². The van der Waals surface area contributed by atoms with E-state index in [-0.39, 0.29) is 12.6 Å². The average Bonchev–Trinajstić information content (AvgIpc) is 2.35. The van der Waals surface area contributed by atoms with E-state index in [2.05, 4.69) is 0 Å². The van der Waals surface area contributed by atoms with Crippen molar-refractivity contribution < 1.29 is 18.0 Å². The van der Waals surface area contributed by atoms with Gasteiger partial charge in [-0.05, 0) is 19.5 Å². The molecule has 0 fully saturated rings. The fraction of sp³-hybridized carbons (Fsp3) is 0.462. The Hall–Kier alpha value is -1.56. The molecule has 1 rings (SSSR count). The molecular weight excluding hydrogens is 257 g/mol. The van der Waals surface area contributed by atoms with Crippen LogP contribution in [0.1, 0.15) is 12.5 Å². The summed E-state index contributed by atoms with van der Waals surface area (Å²) in [6, 6.07) is 9.40. The van der Waals surface area contributed by atoms with Gasteiger partial charge in [-0.2, -0.15) is 13.2 Å². The predicted octanol–water partition coefficient (Wildman–Crippen LogP) is 2.19. The fourth-order valence-corrected chi connectivity index (χ4v) is 1.52. The minimum Gasteiger partial charge on any atom is -0.347 e. The number of nitrogens with one attached hydrogen (secondary N) is 1. The molecule has 0 aromatic heterocycles. The van der Waals surface area contributed by atoms with E-state index in [0.29, 0.717) is 6.54 Å². The van der Waals surface area contributed by atoms with Gasteiger partial charge in [-0.25, -0.2) is 0 Å². The van der Waals surface area contributed by atoms with Crippen molar-refractivity contribution in [2.75, 3.05) is 13.6 Å². The van der Waals surface area contributed by atoms with Gasteiger partial charge in [0.25, 0.3) is 0 Å². The second-order valence-corrected chi connectivity index (χ2v) is 4.46. The first-order chi connectivity index (χ1) is 8.80. The third kappa shape index (κ3) is 5.30. The molecule has 6 heteroatoms. The summed E-state index contributed by atoms with van der Waals surface area (Å²) in [6.07, 6.45) is -4.82. The zero-order valence-corrected chi connectivity index (χ0v) is 10.9. The lowest BCUT2D eigenvalue weighted by Gasteiger charge is -2.25. The molecule has 3 nitrogen and oxygen atoms in total. The summed E-state index contributed by atoms with van der Waals surface area (Å²) in [5, 5.41) is 1.88. The SMILES string of the molecule is CC(CNC(=O)C(F)(F)F)N(C)Cc1ccccc1. The minimum atomic E-state index is -4.82. The number of nitrogens with zero attached hydrogens (tertiary/aromatic N) is 1. The molecule has 0 aliphatic carbocycles. The summed E-state index contributed by atoms with van der Waals surface area (Å²) >= 11 is 0. The molecule has 0 saturated heterocycles. The number of carbonyl (C=O) groups is 1. The molecule has 1 atom stereocenters. The molecule has 1 amide bonds. The molecule has 0 aliphatic rings. The Morgan fingerprint density at radius 3 is 2.42 bits per heavy atom. The lowest BCUT2D eigenvalue weighted by atomic mass is 10.2. The van der Waals surface area contributed by atoms with Crippen molar-refractivity contribution in [2.24, 2.45) is 0 Å². The van der Waals surface area contributed by atoms with E-state index in [1.165, 1.54) is 0 Å². The largest absolute Gasteiger partial charge is 0.471 e. The Morgan fingerprint density at radius 2 is 1.89 bits per heavy atom. The number of rotatable bonds is 5. The summed E-state index contributed by atoms with van der Waals surface area (Å²) in [4.78, 5) is 12.6. The van der Waals surface area contributed by atoms with E-state index < -0.39 is 12.1 Å². The topological polar surface area (TPSA) is 32.3 Å². The quantitative estimate of drug-likeness (QED) is 0.892. The van der Waals surface area contributed by atoms with Crippen molar-refractivity contribution in [1.29, 1.82) is 0 Å². The van der Waals surface area contributed by atoms with E-state index in [1.807, 2.05) is 40.5 Å². The normalized spacial score (nSPS) is 13.4. The van der Waals surface area contributed by atoms with Crippen molar-refractivity contribution in [1.82, 2.24) is 10.2 Å². The molecule has 0 bridgehead atoms. The Kier molecular flexibility index (Phi) is 5.35. The number of hydrogen-bond donors (Lipinski definition) is 1. The molecule has 1 unspecified atom stereocenters. The maximum Gasteiger partial charge on any atom is 0.471 e. The molecule has 106 valence electrons. The molecule has 0 aliphatic heterocycles. The Labute approximate surface area is 110 Å². The second-order valence-electron chi connectivity index (χ2n) is 4.46. The number of likely N-dealkylation sites (N-methyl/N-ethyl adjacent to an activating group) is 1. The van der Waals surface area contributed by atoms with Crippen LogP contribution in [-0.2, 0) is 11.3 Å². The van der Waals surface area contributed by atoms with Gasteiger partial charge < -0.3 is 5.32 Å². The van der Waals surface area contributed by atoms with Crippen molar-refractivity contribution in [3.63, 3.8) is 0 Å². The zero-order valence-electron chi connectivity index (χ0n) is 10.9. The highest BCUT2D eigenvalue weighted by molar-refractivity contribution is 5.81. The molecule has 0 spiro atoms. The number of amides is 1. The van der Waals surface area contributed by atoms with Crippen molar-refractivity contribution in [3.8, 4) is 0 Å². The first-order valence-electron chi connectivity index (χ1n) is 5.90. The number of hydrogen-bond acceptors (Lipinski definition) is 2. The fourth-order valence-electron chi connectivity index (χ4n) is 1.52. The number of benzene rings is 1. The smallest absolute Gasteiger partial charge is 0.347 e. The van der Waals surface area contributed by atoms with Crippen LogP contribution in [0.25, 0.3) is 0 Å². The van der Waals surface area contributed by atoms with E-state index in [0.717, 1.165) is 5.56 Å². The van der Waals surface area contributed by atoms with Gasteiger partial charge in [0, 0.05) is 19.1 Å². The Balaban J connectivity index is 2.41. The molecule has 1 N–H and O–H groups in total. The van der Waals surface area contributed by atoms with E-state index >= 15 is 0 Å². The van der Waals surface area contributed by atoms with Gasteiger partial charge in [-0.1, -0.05) is 30.3 Å². The molecule has 0 radical (unpaired) electrons. The third-order valence-electron chi connectivity index (χ3n) is 2.84. The lowest BCUT2D eigenvalue weighted by Crippen LogP contribution is -2.44. The van der Waals surface area contributed by atoms with Crippen LogP contribution in [-0.4, -0.2) is 36.6 Å². The van der Waals surface area contributed by atoms with Gasteiger partial charge in [0.2, 0.25) is 0 Å². The van der Waals surface area contributed by atoms with Crippen LogP contribution in [0.15, 0.2) is 30.3 Å². The van der Waals surface area contributed by atoms with Crippen LogP contribution in [0.3, 0.4) is 0 Å². The van der Waals surface area contributed by atoms with Crippen LogP contribution in [0.2, 0.25) is 0 Å². The summed E-state index contributed by atoms with van der Waals surface area (Å²) < 4.78 is 36.1. The highest BCUT2D eigenvalue weighted by Gasteiger charge is 2.38. The second kappa shape index (κ2) is 6.56. The summed E-state index contributed by atoms with van der Waals surface area (Å²) in [7, 11) is 1.80. The molecule has 0 saturated carbocycles. The summed E-state index contributed by atoms with van der Waals surface area (Å²) in [5.74, 6) is -1.90. The van der Waals surface area contributed by atoms with Crippen LogP contribution in [0, 0.1) is 0 Å². The Bertz CT molecular complexity index is 406. The first-order valence-corrected chi connectivity index (χ1v) is 5.90. The van der Waals surface area contributed by atoms with Crippen molar-refractivity contribution >= 4 is 5.91 Å².